The Morgan fingerprint density at radius 1 is 1.20 bits per heavy atom. The van der Waals surface area contributed by atoms with E-state index >= 15 is 0 Å². The van der Waals surface area contributed by atoms with E-state index in [2.05, 4.69) is 10.1 Å². The van der Waals surface area contributed by atoms with Gasteiger partial charge in [0, 0.05) is 6.08 Å². The predicted octanol–water partition coefficient (Wildman–Crippen LogP) is 4.80. The molecule has 3 rings (SSSR count). The summed E-state index contributed by atoms with van der Waals surface area (Å²) in [5, 5.41) is 3.96. The zero-order chi connectivity index (χ0) is 17.4. The molecule has 2 N–H and O–H groups in total. The van der Waals surface area contributed by atoms with Crippen molar-refractivity contribution in [1.29, 1.82) is 0 Å². The Morgan fingerprint density at radius 3 is 2.36 bits per heavy atom. The first-order valence-corrected chi connectivity index (χ1v) is 7.77. The van der Waals surface area contributed by atoms with Crippen LogP contribution >= 0.6 is 12.4 Å². The molecule has 0 spiro atoms. The molecule has 1 aromatic heterocycles. The first-order valence-electron chi connectivity index (χ1n) is 7.77. The van der Waals surface area contributed by atoms with E-state index in [1.54, 1.807) is 13.0 Å². The van der Waals surface area contributed by atoms with Crippen molar-refractivity contribution in [1.82, 2.24) is 10.1 Å². The molecule has 4 nitrogen and oxygen atoms in total. The van der Waals surface area contributed by atoms with Crippen LogP contribution in [0.1, 0.15) is 55.4 Å². The highest BCUT2D eigenvalue weighted by Crippen LogP contribution is 2.35. The van der Waals surface area contributed by atoms with Gasteiger partial charge in [0.05, 0.1) is 11.1 Å². The molecule has 0 aliphatic heterocycles. The van der Waals surface area contributed by atoms with Gasteiger partial charge in [0.25, 0.3) is 5.89 Å². The molecule has 25 heavy (non-hydrogen) atoms. The molecule has 1 aliphatic carbocycles. The molecule has 1 saturated carbocycles. The van der Waals surface area contributed by atoms with Crippen molar-refractivity contribution in [2.24, 2.45) is 5.73 Å². The maximum atomic E-state index is 12.6. The van der Waals surface area contributed by atoms with Gasteiger partial charge >= 0.3 is 6.18 Å². The van der Waals surface area contributed by atoms with E-state index in [9.17, 15) is 13.2 Å². The number of hydrogen-bond donors (Lipinski definition) is 1. The lowest BCUT2D eigenvalue weighted by atomic mass is 9.99. The number of benzene rings is 1. The molecular weight excluding hydrogens is 355 g/mol. The highest BCUT2D eigenvalue weighted by molar-refractivity contribution is 5.85. The van der Waals surface area contributed by atoms with Crippen LogP contribution in [-0.2, 0) is 11.7 Å². The van der Waals surface area contributed by atoms with E-state index in [0.29, 0.717) is 17.3 Å². The number of halogens is 4. The Labute approximate surface area is 149 Å². The number of allylic oxidation sites excluding steroid dienone is 1. The molecule has 1 aliphatic rings. The SMILES string of the molecule is C/C(=C/c1nc(C2(N)CCCC2)no1)c1ccc(C(F)(F)F)cc1.Cl. The van der Waals surface area contributed by atoms with Crippen LogP contribution in [0.2, 0.25) is 0 Å². The number of aromatic nitrogens is 2. The Kier molecular flexibility index (Phi) is 5.58. The Morgan fingerprint density at radius 2 is 1.80 bits per heavy atom. The fourth-order valence-corrected chi connectivity index (χ4v) is 2.92. The number of nitrogens with zero attached hydrogens (tertiary/aromatic N) is 2. The molecule has 1 fully saturated rings. The third kappa shape index (κ3) is 4.22. The Hall–Kier alpha value is -1.86. The van der Waals surface area contributed by atoms with Gasteiger partial charge in [-0.1, -0.05) is 30.1 Å². The van der Waals surface area contributed by atoms with Gasteiger partial charge in [0.1, 0.15) is 0 Å². The van der Waals surface area contributed by atoms with Crippen LogP contribution in [0, 0.1) is 0 Å². The minimum absolute atomic E-state index is 0. The van der Waals surface area contributed by atoms with E-state index in [0.717, 1.165) is 43.4 Å². The van der Waals surface area contributed by atoms with Gasteiger partial charge in [-0.05, 0) is 43.0 Å². The topological polar surface area (TPSA) is 64.9 Å². The molecule has 8 heteroatoms. The lowest BCUT2D eigenvalue weighted by Gasteiger charge is -2.17. The lowest BCUT2D eigenvalue weighted by Crippen LogP contribution is -2.34. The second kappa shape index (κ2) is 7.17. The zero-order valence-corrected chi connectivity index (χ0v) is 14.5. The van der Waals surface area contributed by atoms with Crippen LogP contribution < -0.4 is 5.73 Å². The van der Waals surface area contributed by atoms with Crippen molar-refractivity contribution >= 4 is 24.1 Å². The third-order valence-corrected chi connectivity index (χ3v) is 4.39. The molecule has 1 aromatic carbocycles. The van der Waals surface area contributed by atoms with Crippen LogP contribution in [-0.4, -0.2) is 10.1 Å². The summed E-state index contributed by atoms with van der Waals surface area (Å²) in [6, 6.07) is 4.96. The molecule has 0 saturated heterocycles. The second-order valence-corrected chi connectivity index (χ2v) is 6.22. The van der Waals surface area contributed by atoms with E-state index in [1.807, 2.05) is 0 Å². The van der Waals surface area contributed by atoms with Crippen molar-refractivity contribution in [3.8, 4) is 0 Å². The van der Waals surface area contributed by atoms with Crippen LogP contribution in [0.25, 0.3) is 11.6 Å². The maximum Gasteiger partial charge on any atom is 0.416 e. The zero-order valence-electron chi connectivity index (χ0n) is 13.6. The van der Waals surface area contributed by atoms with Gasteiger partial charge in [-0.15, -0.1) is 12.4 Å². The van der Waals surface area contributed by atoms with Crippen LogP contribution in [0.4, 0.5) is 13.2 Å². The molecule has 0 atom stereocenters. The fourth-order valence-electron chi connectivity index (χ4n) is 2.92. The molecule has 0 unspecified atom stereocenters. The van der Waals surface area contributed by atoms with Crippen molar-refractivity contribution in [3.63, 3.8) is 0 Å². The van der Waals surface area contributed by atoms with Crippen LogP contribution in [0.15, 0.2) is 28.8 Å². The molecule has 0 bridgehead atoms. The summed E-state index contributed by atoms with van der Waals surface area (Å²) >= 11 is 0. The van der Waals surface area contributed by atoms with E-state index in [-0.39, 0.29) is 12.4 Å². The molecular formula is C17H19ClF3N3O. The summed E-state index contributed by atoms with van der Waals surface area (Å²) in [4.78, 5) is 4.33. The quantitative estimate of drug-likeness (QED) is 0.839. The molecule has 136 valence electrons. The summed E-state index contributed by atoms with van der Waals surface area (Å²) in [6.07, 6.45) is 1.05. The predicted molar refractivity (Wildman–Crippen MR) is 90.9 cm³/mol. The summed E-state index contributed by atoms with van der Waals surface area (Å²) in [5.74, 6) is 0.797. The molecule has 2 aromatic rings. The number of alkyl halides is 3. The standard InChI is InChI=1S/C17H18F3N3O.ClH/c1-11(12-4-6-13(7-5-12)17(18,19)20)10-14-22-15(23-24-14)16(21)8-2-3-9-16;/h4-7,10H,2-3,8-9,21H2,1H3;1H/b11-10-;. The first-order chi connectivity index (χ1) is 11.3. The first kappa shape index (κ1) is 19.5. The lowest BCUT2D eigenvalue weighted by molar-refractivity contribution is -0.137. The van der Waals surface area contributed by atoms with Gasteiger partial charge in [0.2, 0.25) is 0 Å². The van der Waals surface area contributed by atoms with Crippen LogP contribution in [0.3, 0.4) is 0 Å². The summed E-state index contributed by atoms with van der Waals surface area (Å²) in [5.41, 5.74) is 6.47. The van der Waals surface area contributed by atoms with Gasteiger partial charge in [-0.3, -0.25) is 0 Å². The van der Waals surface area contributed by atoms with Crippen molar-refractivity contribution in [2.75, 3.05) is 0 Å². The number of nitrogens with two attached hydrogens (primary N) is 1. The normalized spacial score (nSPS) is 17.4. The van der Waals surface area contributed by atoms with Crippen molar-refractivity contribution in [2.45, 2.75) is 44.3 Å². The van der Waals surface area contributed by atoms with Gasteiger partial charge in [0.15, 0.2) is 5.82 Å². The highest BCUT2D eigenvalue weighted by atomic mass is 35.5. The molecule has 1 heterocycles. The minimum atomic E-state index is -4.34. The van der Waals surface area contributed by atoms with Crippen molar-refractivity contribution in [3.05, 3.63) is 47.1 Å². The van der Waals surface area contributed by atoms with Crippen LogP contribution in [0.5, 0.6) is 0 Å². The second-order valence-electron chi connectivity index (χ2n) is 6.22. The number of hydrogen-bond acceptors (Lipinski definition) is 4. The number of rotatable bonds is 3. The third-order valence-electron chi connectivity index (χ3n) is 4.39. The largest absolute Gasteiger partial charge is 0.416 e. The van der Waals surface area contributed by atoms with Gasteiger partial charge in [-0.2, -0.15) is 18.2 Å². The fraction of sp³-hybridized carbons (Fsp3) is 0.412. The van der Waals surface area contributed by atoms with E-state index < -0.39 is 17.3 Å². The van der Waals surface area contributed by atoms with Gasteiger partial charge < -0.3 is 10.3 Å². The highest BCUT2D eigenvalue weighted by Gasteiger charge is 2.35. The summed E-state index contributed by atoms with van der Waals surface area (Å²) in [7, 11) is 0. The Balaban J connectivity index is 0.00000225. The van der Waals surface area contributed by atoms with E-state index in [4.69, 9.17) is 10.3 Å². The maximum absolute atomic E-state index is 12.6. The Bertz CT molecular complexity index is 747. The monoisotopic (exact) mass is 373 g/mol. The molecule has 0 amide bonds. The van der Waals surface area contributed by atoms with Crippen molar-refractivity contribution < 1.29 is 17.7 Å². The smallest absolute Gasteiger partial charge is 0.335 e. The van der Waals surface area contributed by atoms with E-state index in [1.165, 1.54) is 12.1 Å². The van der Waals surface area contributed by atoms with Gasteiger partial charge in [-0.25, -0.2) is 0 Å². The average molecular weight is 374 g/mol. The summed E-state index contributed by atoms with van der Waals surface area (Å²) in [6.45, 7) is 1.78. The summed E-state index contributed by atoms with van der Waals surface area (Å²) < 4.78 is 43.0. The average Bonchev–Trinajstić information content (AvgIpc) is 3.17. The molecule has 0 radical (unpaired) electrons. The minimum Gasteiger partial charge on any atom is -0.335 e.